The van der Waals surface area contributed by atoms with Gasteiger partial charge in [0.25, 0.3) is 0 Å². The summed E-state index contributed by atoms with van der Waals surface area (Å²) in [6.07, 6.45) is 0. The Bertz CT molecular complexity index is 2760. The van der Waals surface area contributed by atoms with E-state index in [1.165, 1.54) is 75.1 Å². The van der Waals surface area contributed by atoms with Crippen LogP contribution in [0.2, 0.25) is 0 Å². The lowest BCUT2D eigenvalue weighted by Gasteiger charge is -2.19. The van der Waals surface area contributed by atoms with Gasteiger partial charge in [-0.25, -0.2) is 0 Å². The highest BCUT2D eigenvalue weighted by Crippen LogP contribution is 2.50. The first kappa shape index (κ1) is 27.2. The van der Waals surface area contributed by atoms with E-state index in [4.69, 9.17) is 4.42 Å². The molecule has 0 aliphatic heterocycles. The predicted octanol–water partition coefficient (Wildman–Crippen LogP) is 13.8. The molecule has 1 nitrogen and oxygen atoms in total. The van der Waals surface area contributed by atoms with Gasteiger partial charge < -0.3 is 4.42 Å². The molecule has 0 radical (unpaired) electrons. The van der Waals surface area contributed by atoms with Gasteiger partial charge in [-0.3, -0.25) is 0 Å². The van der Waals surface area contributed by atoms with Crippen LogP contribution in [0.1, 0.15) is 0 Å². The van der Waals surface area contributed by atoms with Crippen LogP contribution in [-0.2, 0) is 0 Å². The summed E-state index contributed by atoms with van der Waals surface area (Å²) in [5.41, 5.74) is 9.52. The lowest BCUT2D eigenvalue weighted by Crippen LogP contribution is -1.91. The molecule has 8 aromatic carbocycles. The zero-order valence-electron chi connectivity index (χ0n) is 26.0. The van der Waals surface area contributed by atoms with Gasteiger partial charge in [-0.15, -0.1) is 11.3 Å². The third kappa shape index (κ3) is 4.17. The Morgan fingerprint density at radius 2 is 0.958 bits per heavy atom. The second-order valence-corrected chi connectivity index (χ2v) is 13.5. The van der Waals surface area contributed by atoms with E-state index in [9.17, 15) is 0 Å². The molecule has 48 heavy (non-hydrogen) atoms. The van der Waals surface area contributed by atoms with Crippen LogP contribution in [0.3, 0.4) is 0 Å². The van der Waals surface area contributed by atoms with Crippen molar-refractivity contribution >= 4 is 64.0 Å². The summed E-state index contributed by atoms with van der Waals surface area (Å²) >= 11 is 1.89. The van der Waals surface area contributed by atoms with Gasteiger partial charge in [0.2, 0.25) is 0 Å². The lowest BCUT2D eigenvalue weighted by molar-refractivity contribution is 0.631. The molecule has 0 saturated carbocycles. The van der Waals surface area contributed by atoms with E-state index in [0.717, 1.165) is 22.3 Å². The van der Waals surface area contributed by atoms with Crippen LogP contribution < -0.4 is 0 Å². The fourth-order valence-electron chi connectivity index (χ4n) is 7.55. The van der Waals surface area contributed by atoms with Crippen molar-refractivity contribution in [2.24, 2.45) is 0 Å². The van der Waals surface area contributed by atoms with Crippen LogP contribution >= 0.6 is 11.3 Å². The molecule has 0 N–H and O–H groups in total. The lowest BCUT2D eigenvalue weighted by atomic mass is 9.84. The van der Waals surface area contributed by atoms with Crippen LogP contribution in [0.15, 0.2) is 174 Å². The molecule has 2 aromatic heterocycles. The zero-order valence-corrected chi connectivity index (χ0v) is 26.8. The number of hydrogen-bond acceptors (Lipinski definition) is 2. The van der Waals surface area contributed by atoms with Crippen molar-refractivity contribution < 1.29 is 4.42 Å². The first-order valence-electron chi connectivity index (χ1n) is 16.3. The van der Waals surface area contributed by atoms with Gasteiger partial charge in [0.1, 0.15) is 11.3 Å². The van der Waals surface area contributed by atoms with Crippen molar-refractivity contribution in [3.05, 3.63) is 170 Å². The first-order valence-corrected chi connectivity index (χ1v) is 17.2. The van der Waals surface area contributed by atoms with Gasteiger partial charge in [-0.05, 0) is 79.2 Å². The van der Waals surface area contributed by atoms with Crippen molar-refractivity contribution in [3.63, 3.8) is 0 Å². The second-order valence-electron chi connectivity index (χ2n) is 12.4. The summed E-state index contributed by atoms with van der Waals surface area (Å²) in [6.45, 7) is 0. The van der Waals surface area contributed by atoms with Crippen molar-refractivity contribution in [3.8, 4) is 44.7 Å². The zero-order chi connectivity index (χ0) is 31.6. The fraction of sp³-hybridized carbons (Fsp3) is 0. The van der Waals surface area contributed by atoms with Crippen LogP contribution in [-0.4, -0.2) is 0 Å². The molecule has 2 heterocycles. The summed E-state index contributed by atoms with van der Waals surface area (Å²) in [5.74, 6) is 0.891. The number of benzene rings is 8. The predicted molar refractivity (Wildman–Crippen MR) is 206 cm³/mol. The Morgan fingerprint density at radius 1 is 0.396 bits per heavy atom. The Morgan fingerprint density at radius 3 is 1.65 bits per heavy atom. The summed E-state index contributed by atoms with van der Waals surface area (Å²) < 4.78 is 8.89. The molecule has 224 valence electrons. The van der Waals surface area contributed by atoms with E-state index in [2.05, 4.69) is 164 Å². The van der Waals surface area contributed by atoms with Gasteiger partial charge in [0.15, 0.2) is 0 Å². The van der Waals surface area contributed by atoms with E-state index in [-0.39, 0.29) is 0 Å². The van der Waals surface area contributed by atoms with Crippen molar-refractivity contribution in [2.45, 2.75) is 0 Å². The maximum atomic E-state index is 6.28. The van der Waals surface area contributed by atoms with Gasteiger partial charge in [-0.1, -0.05) is 146 Å². The summed E-state index contributed by atoms with van der Waals surface area (Å²) in [4.78, 5) is 0. The number of rotatable bonds is 4. The molecule has 0 aliphatic rings. The molecule has 0 unspecified atom stereocenters. The standard InChI is InChI=1S/C46H28OS/c1-3-13-29(14-4-1)41-28-32-27-31(23-26-40(32)47-41)33-24-25-39(45-38-21-11-12-22-42(38)48-46(33)45)44-36-19-9-7-17-34(36)43(30-15-5-2-6-16-30)35-18-8-10-20-37(35)44/h1-28H. The number of fused-ring (bicyclic) bond motifs is 6. The minimum atomic E-state index is 0.891. The minimum Gasteiger partial charge on any atom is -0.456 e. The van der Waals surface area contributed by atoms with E-state index in [0.29, 0.717) is 0 Å². The van der Waals surface area contributed by atoms with Gasteiger partial charge >= 0.3 is 0 Å². The Kier molecular flexibility index (Phi) is 6.12. The summed E-state index contributed by atoms with van der Waals surface area (Å²) in [6, 6.07) is 61.3. The normalized spacial score (nSPS) is 11.8. The SMILES string of the molecule is c1ccc(-c2cc3cc(-c4ccc(-c5c6ccccc6c(-c6ccccc6)c6ccccc56)c5c4sc4ccccc45)ccc3o2)cc1. The average molecular weight is 629 g/mol. The quantitative estimate of drug-likeness (QED) is 0.177. The van der Waals surface area contributed by atoms with E-state index in [1.54, 1.807) is 0 Å². The fourth-order valence-corrected chi connectivity index (χ4v) is 8.82. The molecule has 0 amide bonds. The Labute approximate surface area is 282 Å². The number of hydrogen-bond donors (Lipinski definition) is 0. The Balaban J connectivity index is 1.26. The summed E-state index contributed by atoms with van der Waals surface area (Å²) in [7, 11) is 0. The Hall–Kier alpha value is -5.96. The van der Waals surface area contributed by atoms with Gasteiger partial charge in [0.05, 0.1) is 0 Å². The highest BCUT2D eigenvalue weighted by Gasteiger charge is 2.21. The maximum Gasteiger partial charge on any atom is 0.135 e. The van der Waals surface area contributed by atoms with Crippen LogP contribution in [0.5, 0.6) is 0 Å². The maximum absolute atomic E-state index is 6.28. The largest absolute Gasteiger partial charge is 0.456 e. The molecule has 10 aromatic rings. The molecular formula is C46H28OS. The third-order valence-corrected chi connectivity index (χ3v) is 10.9. The molecule has 0 spiro atoms. The molecule has 0 bridgehead atoms. The molecule has 0 fully saturated rings. The minimum absolute atomic E-state index is 0.891. The molecule has 10 rings (SSSR count). The van der Waals surface area contributed by atoms with E-state index in [1.807, 2.05) is 17.4 Å². The third-order valence-electron chi connectivity index (χ3n) is 9.68. The first-order chi connectivity index (χ1) is 23.8. The highest BCUT2D eigenvalue weighted by molar-refractivity contribution is 7.26. The molecule has 2 heteroatoms. The van der Waals surface area contributed by atoms with Crippen molar-refractivity contribution in [1.29, 1.82) is 0 Å². The topological polar surface area (TPSA) is 13.1 Å². The van der Waals surface area contributed by atoms with Gasteiger partial charge in [0, 0.05) is 31.1 Å². The summed E-state index contributed by atoms with van der Waals surface area (Å²) in [5, 5.41) is 8.81. The molecule has 0 aliphatic carbocycles. The van der Waals surface area contributed by atoms with Crippen molar-refractivity contribution in [2.75, 3.05) is 0 Å². The average Bonchev–Trinajstić information content (AvgIpc) is 3.76. The van der Waals surface area contributed by atoms with Crippen LogP contribution in [0.4, 0.5) is 0 Å². The highest BCUT2D eigenvalue weighted by atomic mass is 32.1. The van der Waals surface area contributed by atoms with Crippen molar-refractivity contribution in [1.82, 2.24) is 0 Å². The number of furan rings is 1. The second kappa shape index (κ2) is 10.8. The van der Waals surface area contributed by atoms with E-state index >= 15 is 0 Å². The van der Waals surface area contributed by atoms with Crippen LogP contribution in [0.25, 0.3) is 97.4 Å². The molecule has 0 atom stereocenters. The van der Waals surface area contributed by atoms with Crippen LogP contribution in [0, 0.1) is 0 Å². The molecule has 0 saturated heterocycles. The smallest absolute Gasteiger partial charge is 0.135 e. The van der Waals surface area contributed by atoms with E-state index < -0.39 is 0 Å². The molecular weight excluding hydrogens is 601 g/mol. The monoisotopic (exact) mass is 628 g/mol. The van der Waals surface area contributed by atoms with Gasteiger partial charge in [-0.2, -0.15) is 0 Å². The number of thiophene rings is 1.